The fraction of sp³-hybridized carbons (Fsp3) is 0.500. The van der Waals surface area contributed by atoms with Crippen molar-refractivity contribution in [3.8, 4) is 0 Å². The van der Waals surface area contributed by atoms with Gasteiger partial charge >= 0.3 is 11.9 Å². The van der Waals surface area contributed by atoms with Gasteiger partial charge in [0.2, 0.25) is 0 Å². The highest BCUT2D eigenvalue weighted by Crippen LogP contribution is 2.53. The molecule has 0 N–H and O–H groups in total. The van der Waals surface area contributed by atoms with Crippen LogP contribution < -0.4 is 0 Å². The van der Waals surface area contributed by atoms with E-state index in [2.05, 4.69) is 0 Å². The van der Waals surface area contributed by atoms with E-state index in [4.69, 9.17) is 21.1 Å². The maximum atomic E-state index is 12.5. The first kappa shape index (κ1) is 17.0. The number of ether oxygens (including phenoxy) is 2. The first-order valence-corrected chi connectivity index (χ1v) is 8.42. The number of benzene rings is 1. The first-order valence-electron chi connectivity index (χ1n) is 8.04. The summed E-state index contributed by atoms with van der Waals surface area (Å²) in [5, 5.41) is 0.534. The van der Waals surface area contributed by atoms with Crippen molar-refractivity contribution in [2.75, 3.05) is 13.7 Å². The number of fused-ring (bicyclic) bond motifs is 2. The molecule has 5 nitrogen and oxygen atoms in total. The van der Waals surface area contributed by atoms with Gasteiger partial charge in [0.25, 0.3) is 0 Å². The summed E-state index contributed by atoms with van der Waals surface area (Å²) in [6.07, 6.45) is 2.71. The average molecular weight is 351 g/mol. The van der Waals surface area contributed by atoms with Crippen LogP contribution in [-0.4, -0.2) is 31.4 Å². The molecule has 2 aliphatic carbocycles. The van der Waals surface area contributed by atoms with Crippen LogP contribution in [0.15, 0.2) is 24.3 Å². The van der Waals surface area contributed by atoms with Crippen molar-refractivity contribution in [1.82, 2.24) is 0 Å². The van der Waals surface area contributed by atoms with Crippen molar-refractivity contribution < 1.29 is 23.9 Å². The van der Waals surface area contributed by atoms with Crippen LogP contribution >= 0.6 is 11.6 Å². The highest BCUT2D eigenvalue weighted by molar-refractivity contribution is 6.30. The van der Waals surface area contributed by atoms with Gasteiger partial charge in [-0.1, -0.05) is 11.6 Å². The molecule has 1 aromatic carbocycles. The molecule has 4 atom stereocenters. The number of hydrogen-bond acceptors (Lipinski definition) is 5. The van der Waals surface area contributed by atoms with Crippen molar-refractivity contribution in [3.05, 3.63) is 34.9 Å². The third-order valence-electron chi connectivity index (χ3n) is 5.17. The van der Waals surface area contributed by atoms with Gasteiger partial charge in [0, 0.05) is 10.6 Å². The number of Topliss-reactive ketones (excluding diaryl/α,β-unsaturated/α-hetero) is 1. The number of halogens is 1. The lowest BCUT2D eigenvalue weighted by atomic mass is 9.79. The van der Waals surface area contributed by atoms with Gasteiger partial charge in [-0.2, -0.15) is 0 Å². The number of rotatable bonds is 5. The van der Waals surface area contributed by atoms with E-state index >= 15 is 0 Å². The van der Waals surface area contributed by atoms with Gasteiger partial charge in [0.1, 0.15) is 0 Å². The van der Waals surface area contributed by atoms with Gasteiger partial charge in [-0.25, -0.2) is 0 Å². The average Bonchev–Trinajstić information content (AvgIpc) is 3.20. The molecule has 0 heterocycles. The van der Waals surface area contributed by atoms with Crippen molar-refractivity contribution in [2.24, 2.45) is 23.7 Å². The second kappa shape index (κ2) is 6.93. The minimum Gasteiger partial charge on any atom is -0.469 e. The van der Waals surface area contributed by atoms with Crippen LogP contribution in [0.1, 0.15) is 29.6 Å². The zero-order valence-electron chi connectivity index (χ0n) is 13.4. The first-order chi connectivity index (χ1) is 11.5. The van der Waals surface area contributed by atoms with Gasteiger partial charge in [-0.3, -0.25) is 14.4 Å². The topological polar surface area (TPSA) is 69.7 Å². The van der Waals surface area contributed by atoms with E-state index in [-0.39, 0.29) is 30.2 Å². The standard InChI is InChI=1S/C18H19ClO5/c1-23-17(21)15-11-2-3-12(8-11)16(15)18(22)24-9-14(20)10-4-6-13(19)7-5-10/h4-7,11-12,15-16H,2-3,8-9H2,1H3/t11-,12-,15+,16+/m0/s1. The molecule has 2 fully saturated rings. The molecule has 0 radical (unpaired) electrons. The van der Waals surface area contributed by atoms with Crippen molar-refractivity contribution in [2.45, 2.75) is 19.3 Å². The Bertz CT molecular complexity index is 654. The molecule has 2 saturated carbocycles. The lowest BCUT2D eigenvalue weighted by Crippen LogP contribution is -2.37. The Labute approximate surface area is 145 Å². The fourth-order valence-electron chi connectivity index (χ4n) is 4.06. The van der Waals surface area contributed by atoms with E-state index in [1.54, 1.807) is 24.3 Å². The summed E-state index contributed by atoms with van der Waals surface area (Å²) < 4.78 is 10.1. The summed E-state index contributed by atoms with van der Waals surface area (Å²) in [5.74, 6) is -1.71. The normalized spacial score (nSPS) is 27.8. The molecule has 24 heavy (non-hydrogen) atoms. The quantitative estimate of drug-likeness (QED) is 0.603. The number of carbonyl (C=O) groups excluding carboxylic acids is 3. The van der Waals surface area contributed by atoms with Gasteiger partial charge < -0.3 is 9.47 Å². The van der Waals surface area contributed by atoms with Crippen molar-refractivity contribution >= 4 is 29.3 Å². The predicted octanol–water partition coefficient (Wildman–Crippen LogP) is 2.90. The highest BCUT2D eigenvalue weighted by Gasteiger charge is 2.55. The highest BCUT2D eigenvalue weighted by atomic mass is 35.5. The van der Waals surface area contributed by atoms with E-state index in [1.165, 1.54) is 7.11 Å². The lowest BCUT2D eigenvalue weighted by molar-refractivity contribution is -0.161. The Morgan fingerprint density at radius 3 is 2.21 bits per heavy atom. The molecule has 0 aromatic heterocycles. The number of methoxy groups -OCH3 is 1. The van der Waals surface area contributed by atoms with Gasteiger partial charge in [-0.05, 0) is 55.4 Å². The van der Waals surface area contributed by atoms with E-state index in [0.29, 0.717) is 10.6 Å². The van der Waals surface area contributed by atoms with E-state index in [9.17, 15) is 14.4 Å². The molecule has 6 heteroatoms. The van der Waals surface area contributed by atoms with E-state index in [1.807, 2.05) is 0 Å². The zero-order valence-corrected chi connectivity index (χ0v) is 14.1. The molecular weight excluding hydrogens is 332 g/mol. The van der Waals surface area contributed by atoms with E-state index < -0.39 is 17.8 Å². The predicted molar refractivity (Wildman–Crippen MR) is 86.6 cm³/mol. The second-order valence-electron chi connectivity index (χ2n) is 6.45. The summed E-state index contributed by atoms with van der Waals surface area (Å²) in [4.78, 5) is 36.5. The summed E-state index contributed by atoms with van der Waals surface area (Å²) in [6, 6.07) is 6.40. The Kier molecular flexibility index (Phi) is 4.90. The van der Waals surface area contributed by atoms with Gasteiger partial charge in [-0.15, -0.1) is 0 Å². The van der Waals surface area contributed by atoms with Gasteiger partial charge in [0.15, 0.2) is 12.4 Å². The maximum Gasteiger partial charge on any atom is 0.310 e. The van der Waals surface area contributed by atoms with Crippen LogP contribution in [0.4, 0.5) is 0 Å². The smallest absolute Gasteiger partial charge is 0.310 e. The third kappa shape index (κ3) is 3.18. The SMILES string of the molecule is COC(=O)[C@@H]1[C@H]2CC[C@@H](C2)[C@H]1C(=O)OCC(=O)c1ccc(Cl)cc1. The Morgan fingerprint density at radius 1 is 1.04 bits per heavy atom. The summed E-state index contributed by atoms with van der Waals surface area (Å²) >= 11 is 5.79. The molecule has 0 saturated heterocycles. The van der Waals surface area contributed by atoms with Crippen LogP contribution in [0.3, 0.4) is 0 Å². The minimum absolute atomic E-state index is 0.150. The fourth-order valence-corrected chi connectivity index (χ4v) is 4.18. The van der Waals surface area contributed by atoms with Crippen LogP contribution in [0.25, 0.3) is 0 Å². The summed E-state index contributed by atoms with van der Waals surface area (Å²) in [5.41, 5.74) is 0.435. The Morgan fingerprint density at radius 2 is 1.62 bits per heavy atom. The van der Waals surface area contributed by atoms with Crippen LogP contribution in [-0.2, 0) is 19.1 Å². The third-order valence-corrected chi connectivity index (χ3v) is 5.43. The molecule has 2 aliphatic rings. The molecule has 0 aliphatic heterocycles. The monoisotopic (exact) mass is 350 g/mol. The molecule has 3 rings (SSSR count). The van der Waals surface area contributed by atoms with Gasteiger partial charge in [0.05, 0.1) is 18.9 Å². The maximum absolute atomic E-state index is 12.5. The minimum atomic E-state index is -0.491. The number of esters is 2. The molecule has 0 amide bonds. The van der Waals surface area contributed by atoms with E-state index in [0.717, 1.165) is 19.3 Å². The zero-order chi connectivity index (χ0) is 17.3. The molecular formula is C18H19ClO5. The number of hydrogen-bond donors (Lipinski definition) is 0. The van der Waals surface area contributed by atoms with Crippen LogP contribution in [0.5, 0.6) is 0 Å². The second-order valence-corrected chi connectivity index (χ2v) is 6.88. The van der Waals surface area contributed by atoms with Crippen molar-refractivity contribution in [1.29, 1.82) is 0 Å². The Balaban J connectivity index is 1.63. The molecule has 2 bridgehead atoms. The van der Waals surface area contributed by atoms with Crippen LogP contribution in [0, 0.1) is 23.7 Å². The number of ketones is 1. The lowest BCUT2D eigenvalue weighted by Gasteiger charge is -2.27. The van der Waals surface area contributed by atoms with Crippen molar-refractivity contribution in [3.63, 3.8) is 0 Å². The summed E-state index contributed by atoms with van der Waals surface area (Å²) in [6.45, 7) is -0.331. The molecule has 0 spiro atoms. The number of carbonyl (C=O) groups is 3. The molecule has 1 aromatic rings. The Hall–Kier alpha value is -1.88. The summed E-state index contributed by atoms with van der Waals surface area (Å²) in [7, 11) is 1.33. The molecule has 128 valence electrons. The molecule has 0 unspecified atom stereocenters. The van der Waals surface area contributed by atoms with Crippen LogP contribution in [0.2, 0.25) is 5.02 Å². The largest absolute Gasteiger partial charge is 0.469 e.